The van der Waals surface area contributed by atoms with E-state index in [1.54, 1.807) is 50.4 Å². The lowest BCUT2D eigenvalue weighted by Gasteiger charge is -2.18. The van der Waals surface area contributed by atoms with Crippen LogP contribution in [-0.2, 0) is 17.9 Å². The average Bonchev–Trinajstić information content (AvgIpc) is 2.75. The zero-order valence-corrected chi connectivity index (χ0v) is 16.7. The molecule has 1 aromatic heterocycles. The van der Waals surface area contributed by atoms with Crippen molar-refractivity contribution in [3.05, 3.63) is 76.6 Å². The second kappa shape index (κ2) is 9.05. The van der Waals surface area contributed by atoms with Crippen LogP contribution >= 0.6 is 0 Å². The Morgan fingerprint density at radius 1 is 1.03 bits per heavy atom. The van der Waals surface area contributed by atoms with Gasteiger partial charge in [-0.3, -0.25) is 9.59 Å². The quantitative estimate of drug-likeness (QED) is 0.617. The maximum absolute atomic E-state index is 12.6. The molecule has 0 radical (unpaired) electrons. The molecule has 0 unspecified atom stereocenters. The molecule has 0 fully saturated rings. The fraction of sp³-hybridized carbons (Fsp3) is 0.227. The molecule has 0 N–H and O–H groups in total. The molecule has 1 heterocycles. The third kappa shape index (κ3) is 4.82. The number of carbonyl (C=O) groups is 1. The Hall–Kier alpha value is -3.61. The number of rotatable bonds is 7. The first kappa shape index (κ1) is 20.1. The molecule has 0 atom stereocenters. The van der Waals surface area contributed by atoms with Crippen LogP contribution < -0.4 is 15.0 Å². The Morgan fingerprint density at radius 3 is 2.48 bits per heavy atom. The predicted octanol–water partition coefficient (Wildman–Crippen LogP) is 2.59. The lowest BCUT2D eigenvalue weighted by atomic mass is 10.1. The van der Waals surface area contributed by atoms with Gasteiger partial charge in [0.1, 0.15) is 18.0 Å². The van der Waals surface area contributed by atoms with E-state index >= 15 is 0 Å². The Morgan fingerprint density at radius 2 is 1.79 bits per heavy atom. The van der Waals surface area contributed by atoms with Crippen LogP contribution in [0.25, 0.3) is 11.3 Å². The zero-order chi connectivity index (χ0) is 20.8. The van der Waals surface area contributed by atoms with Gasteiger partial charge in [-0.25, -0.2) is 4.68 Å². The molecule has 3 rings (SSSR count). The molecular weight excluding hydrogens is 370 g/mol. The Labute approximate surface area is 169 Å². The molecule has 150 valence electrons. The van der Waals surface area contributed by atoms with Gasteiger partial charge in [0.15, 0.2) is 0 Å². The molecule has 1 amide bonds. The van der Waals surface area contributed by atoms with E-state index < -0.39 is 0 Å². The van der Waals surface area contributed by atoms with Crippen LogP contribution in [-0.4, -0.2) is 41.9 Å². The van der Waals surface area contributed by atoms with Crippen LogP contribution in [0.3, 0.4) is 0 Å². The van der Waals surface area contributed by atoms with Crippen molar-refractivity contribution in [1.82, 2.24) is 14.7 Å². The molecule has 0 aliphatic rings. The van der Waals surface area contributed by atoms with Crippen LogP contribution in [0.5, 0.6) is 11.5 Å². The molecule has 0 saturated carbocycles. The summed E-state index contributed by atoms with van der Waals surface area (Å²) in [6.45, 7) is 0.306. The summed E-state index contributed by atoms with van der Waals surface area (Å²) in [5, 5.41) is 4.38. The van der Waals surface area contributed by atoms with Gasteiger partial charge in [0.05, 0.1) is 19.9 Å². The first-order valence-electron chi connectivity index (χ1n) is 9.10. The fourth-order valence-corrected chi connectivity index (χ4v) is 2.91. The molecule has 0 bridgehead atoms. The monoisotopic (exact) mass is 393 g/mol. The SMILES string of the molecule is COc1ccc(OC)c(-c2ccc(=O)n(CC(=O)N(C)Cc3ccccc3)n2)c1. The molecule has 0 aliphatic carbocycles. The Kier molecular flexibility index (Phi) is 6.29. The lowest BCUT2D eigenvalue weighted by Crippen LogP contribution is -2.34. The lowest BCUT2D eigenvalue weighted by molar-refractivity contribution is -0.131. The maximum Gasteiger partial charge on any atom is 0.267 e. The van der Waals surface area contributed by atoms with Crippen LogP contribution in [0.15, 0.2) is 65.5 Å². The highest BCUT2D eigenvalue weighted by atomic mass is 16.5. The second-order valence-corrected chi connectivity index (χ2v) is 6.52. The van der Waals surface area contributed by atoms with Gasteiger partial charge in [-0.1, -0.05) is 30.3 Å². The van der Waals surface area contributed by atoms with Crippen molar-refractivity contribution in [1.29, 1.82) is 0 Å². The molecule has 29 heavy (non-hydrogen) atoms. The number of ether oxygens (including phenoxy) is 2. The minimum atomic E-state index is -0.350. The number of hydrogen-bond acceptors (Lipinski definition) is 5. The van der Waals surface area contributed by atoms with E-state index in [1.165, 1.54) is 6.07 Å². The number of methoxy groups -OCH3 is 2. The van der Waals surface area contributed by atoms with Crippen molar-refractivity contribution in [2.24, 2.45) is 0 Å². The number of benzene rings is 2. The minimum absolute atomic E-state index is 0.151. The Balaban J connectivity index is 1.84. The van der Waals surface area contributed by atoms with E-state index in [2.05, 4.69) is 5.10 Å². The molecule has 7 heteroatoms. The highest BCUT2D eigenvalue weighted by molar-refractivity contribution is 5.75. The summed E-state index contributed by atoms with van der Waals surface area (Å²) in [5.41, 5.74) is 1.85. The van der Waals surface area contributed by atoms with Gasteiger partial charge in [-0.15, -0.1) is 0 Å². The summed E-state index contributed by atoms with van der Waals surface area (Å²) in [5.74, 6) is 1.02. The summed E-state index contributed by atoms with van der Waals surface area (Å²) in [4.78, 5) is 26.5. The maximum atomic E-state index is 12.6. The van der Waals surface area contributed by atoms with Gasteiger partial charge < -0.3 is 14.4 Å². The first-order chi connectivity index (χ1) is 14.0. The molecule has 0 aliphatic heterocycles. The number of hydrogen-bond donors (Lipinski definition) is 0. The summed E-state index contributed by atoms with van der Waals surface area (Å²) >= 11 is 0. The van der Waals surface area contributed by atoms with Gasteiger partial charge in [-0.2, -0.15) is 5.10 Å². The van der Waals surface area contributed by atoms with E-state index in [-0.39, 0.29) is 18.0 Å². The highest BCUT2D eigenvalue weighted by Crippen LogP contribution is 2.31. The normalized spacial score (nSPS) is 10.4. The topological polar surface area (TPSA) is 73.7 Å². The second-order valence-electron chi connectivity index (χ2n) is 6.52. The largest absolute Gasteiger partial charge is 0.497 e. The summed E-state index contributed by atoms with van der Waals surface area (Å²) in [6, 6.07) is 18.0. The summed E-state index contributed by atoms with van der Waals surface area (Å²) in [7, 11) is 4.83. The minimum Gasteiger partial charge on any atom is -0.497 e. The van der Waals surface area contributed by atoms with E-state index in [0.717, 1.165) is 10.2 Å². The molecule has 7 nitrogen and oxygen atoms in total. The van der Waals surface area contributed by atoms with Gasteiger partial charge in [-0.05, 0) is 29.8 Å². The van der Waals surface area contributed by atoms with E-state index in [1.807, 2.05) is 30.3 Å². The predicted molar refractivity (Wildman–Crippen MR) is 110 cm³/mol. The third-order valence-electron chi connectivity index (χ3n) is 4.52. The first-order valence-corrected chi connectivity index (χ1v) is 9.10. The van der Waals surface area contributed by atoms with Crippen molar-refractivity contribution in [3.63, 3.8) is 0 Å². The number of amides is 1. The number of likely N-dealkylation sites (N-methyl/N-ethyl adjacent to an activating group) is 1. The van der Waals surface area contributed by atoms with Crippen LogP contribution in [0, 0.1) is 0 Å². The van der Waals surface area contributed by atoms with Gasteiger partial charge >= 0.3 is 0 Å². The standard InChI is InChI=1S/C22H23N3O4/c1-24(14-16-7-5-4-6-8-16)22(27)15-25-21(26)12-10-19(23-25)18-13-17(28-2)9-11-20(18)29-3/h4-13H,14-15H2,1-3H3. The number of carbonyl (C=O) groups excluding carboxylic acids is 1. The van der Waals surface area contributed by atoms with Crippen molar-refractivity contribution >= 4 is 5.91 Å². The number of nitrogens with zero attached hydrogens (tertiary/aromatic N) is 3. The van der Waals surface area contributed by atoms with E-state index in [0.29, 0.717) is 29.3 Å². The van der Waals surface area contributed by atoms with Gasteiger partial charge in [0, 0.05) is 25.2 Å². The van der Waals surface area contributed by atoms with E-state index in [4.69, 9.17) is 9.47 Å². The van der Waals surface area contributed by atoms with Crippen molar-refractivity contribution in [2.75, 3.05) is 21.3 Å². The van der Waals surface area contributed by atoms with Crippen molar-refractivity contribution in [2.45, 2.75) is 13.1 Å². The Bertz CT molecular complexity index is 1050. The number of aromatic nitrogens is 2. The van der Waals surface area contributed by atoms with E-state index in [9.17, 15) is 9.59 Å². The average molecular weight is 393 g/mol. The fourth-order valence-electron chi connectivity index (χ4n) is 2.91. The molecule has 2 aromatic carbocycles. The van der Waals surface area contributed by atoms with Crippen LogP contribution in [0.2, 0.25) is 0 Å². The third-order valence-corrected chi connectivity index (χ3v) is 4.52. The summed E-state index contributed by atoms with van der Waals surface area (Å²) in [6.07, 6.45) is 0. The zero-order valence-electron chi connectivity index (χ0n) is 16.7. The highest BCUT2D eigenvalue weighted by Gasteiger charge is 2.15. The molecule has 3 aromatic rings. The van der Waals surface area contributed by atoms with Crippen LogP contribution in [0.4, 0.5) is 0 Å². The van der Waals surface area contributed by atoms with Crippen LogP contribution in [0.1, 0.15) is 5.56 Å². The van der Waals surface area contributed by atoms with Crippen molar-refractivity contribution in [3.8, 4) is 22.8 Å². The smallest absolute Gasteiger partial charge is 0.267 e. The van der Waals surface area contributed by atoms with Crippen molar-refractivity contribution < 1.29 is 14.3 Å². The molecule has 0 saturated heterocycles. The summed E-state index contributed by atoms with van der Waals surface area (Å²) < 4.78 is 11.8. The van der Waals surface area contributed by atoms with Gasteiger partial charge in [0.2, 0.25) is 5.91 Å². The van der Waals surface area contributed by atoms with Gasteiger partial charge in [0.25, 0.3) is 5.56 Å². The molecular formula is C22H23N3O4. The molecule has 0 spiro atoms.